The third-order valence-electron chi connectivity index (χ3n) is 12.2. The molecule has 0 amide bonds. The molecule has 0 aliphatic carbocycles. The van der Waals surface area contributed by atoms with Crippen LogP contribution in [0.25, 0.3) is 127 Å². The fourth-order valence-electron chi connectivity index (χ4n) is 9.38. The molecule has 13 rings (SSSR count). The van der Waals surface area contributed by atoms with Crippen LogP contribution >= 0.6 is 0 Å². The SMILES string of the molecule is c1ccc2cc3c(cc2c1)c1ccccc1n3-c1ccc2c(c1)oc1ccc3ccc(-c4nc(-c5cccc6ccccc56)nc(-c5cccc6ccccc56)n4)cc3c12. The van der Waals surface area contributed by atoms with E-state index in [0.717, 1.165) is 82.2 Å². The number of fused-ring (bicyclic) bond motifs is 11. The molecule has 60 heavy (non-hydrogen) atoms. The van der Waals surface area contributed by atoms with E-state index in [9.17, 15) is 0 Å². The van der Waals surface area contributed by atoms with Gasteiger partial charge in [0.1, 0.15) is 11.2 Å². The van der Waals surface area contributed by atoms with Gasteiger partial charge in [0.15, 0.2) is 17.5 Å². The maximum atomic E-state index is 6.72. The van der Waals surface area contributed by atoms with Gasteiger partial charge in [0, 0.05) is 50.0 Å². The Kier molecular flexibility index (Phi) is 6.95. The van der Waals surface area contributed by atoms with Crippen LogP contribution in [0.15, 0.2) is 199 Å². The average Bonchev–Trinajstić information content (AvgIpc) is 3.85. The first-order valence-corrected chi connectivity index (χ1v) is 20.3. The normalized spacial score (nSPS) is 12.0. The van der Waals surface area contributed by atoms with Gasteiger partial charge in [0.25, 0.3) is 0 Å². The summed E-state index contributed by atoms with van der Waals surface area (Å²) in [7, 11) is 0. The number of aromatic nitrogens is 4. The van der Waals surface area contributed by atoms with Crippen molar-refractivity contribution in [1.29, 1.82) is 0 Å². The van der Waals surface area contributed by atoms with Crippen molar-refractivity contribution >= 4 is 86.8 Å². The lowest BCUT2D eigenvalue weighted by atomic mass is 10.0. The monoisotopic (exact) mass is 764 g/mol. The van der Waals surface area contributed by atoms with Crippen molar-refractivity contribution < 1.29 is 4.42 Å². The molecule has 0 aliphatic rings. The van der Waals surface area contributed by atoms with Crippen LogP contribution in [-0.4, -0.2) is 19.5 Å². The summed E-state index contributed by atoms with van der Waals surface area (Å²) in [5.74, 6) is 1.89. The molecule has 0 unspecified atom stereocenters. The number of hydrogen-bond donors (Lipinski definition) is 0. The summed E-state index contributed by atoms with van der Waals surface area (Å²) in [6, 6.07) is 68.6. The molecule has 5 heteroatoms. The number of rotatable bonds is 4. The molecule has 0 aliphatic heterocycles. The van der Waals surface area contributed by atoms with Crippen molar-refractivity contribution in [3.8, 4) is 39.9 Å². The van der Waals surface area contributed by atoms with Crippen LogP contribution in [0.1, 0.15) is 0 Å². The Balaban J connectivity index is 1.01. The molecule has 3 aromatic heterocycles. The summed E-state index contributed by atoms with van der Waals surface area (Å²) >= 11 is 0. The molecule has 10 aromatic carbocycles. The fraction of sp³-hybridized carbons (Fsp3) is 0. The third kappa shape index (κ3) is 4.96. The van der Waals surface area contributed by atoms with Gasteiger partial charge in [-0.15, -0.1) is 0 Å². The van der Waals surface area contributed by atoms with Crippen LogP contribution in [0.4, 0.5) is 0 Å². The molecule has 0 fully saturated rings. The van der Waals surface area contributed by atoms with Crippen LogP contribution in [-0.2, 0) is 0 Å². The Morgan fingerprint density at radius 2 is 0.917 bits per heavy atom. The Morgan fingerprint density at radius 1 is 0.333 bits per heavy atom. The molecule has 278 valence electrons. The van der Waals surface area contributed by atoms with Crippen LogP contribution in [0.3, 0.4) is 0 Å². The second kappa shape index (κ2) is 12.7. The van der Waals surface area contributed by atoms with Gasteiger partial charge in [0.2, 0.25) is 0 Å². The summed E-state index contributed by atoms with van der Waals surface area (Å²) in [5, 5.41) is 13.7. The van der Waals surface area contributed by atoms with Crippen LogP contribution in [0.2, 0.25) is 0 Å². The van der Waals surface area contributed by atoms with Gasteiger partial charge in [-0.05, 0) is 85.6 Å². The Bertz CT molecular complexity index is 3810. The van der Waals surface area contributed by atoms with Crippen LogP contribution in [0.5, 0.6) is 0 Å². The largest absolute Gasteiger partial charge is 0.456 e. The molecular formula is C55H32N4O. The van der Waals surface area contributed by atoms with Crippen molar-refractivity contribution in [1.82, 2.24) is 19.5 Å². The molecule has 3 heterocycles. The van der Waals surface area contributed by atoms with E-state index >= 15 is 0 Å². The molecule has 0 saturated heterocycles. The van der Waals surface area contributed by atoms with E-state index in [1.807, 2.05) is 0 Å². The van der Waals surface area contributed by atoms with E-state index in [1.54, 1.807) is 0 Å². The van der Waals surface area contributed by atoms with Gasteiger partial charge >= 0.3 is 0 Å². The predicted molar refractivity (Wildman–Crippen MR) is 248 cm³/mol. The minimum Gasteiger partial charge on any atom is -0.456 e. The molecule has 0 radical (unpaired) electrons. The number of hydrogen-bond acceptors (Lipinski definition) is 4. The second-order valence-corrected chi connectivity index (χ2v) is 15.6. The van der Waals surface area contributed by atoms with E-state index in [2.05, 4.69) is 199 Å². The zero-order valence-corrected chi connectivity index (χ0v) is 32.2. The van der Waals surface area contributed by atoms with Gasteiger partial charge in [-0.25, -0.2) is 15.0 Å². The summed E-state index contributed by atoms with van der Waals surface area (Å²) in [6.07, 6.45) is 0. The highest BCUT2D eigenvalue weighted by molar-refractivity contribution is 6.20. The van der Waals surface area contributed by atoms with Crippen molar-refractivity contribution in [2.24, 2.45) is 0 Å². The lowest BCUT2D eigenvalue weighted by molar-refractivity contribution is 0.669. The summed E-state index contributed by atoms with van der Waals surface area (Å²) in [4.78, 5) is 15.6. The topological polar surface area (TPSA) is 56.7 Å². The average molecular weight is 765 g/mol. The number of nitrogens with zero attached hydrogens (tertiary/aromatic N) is 4. The Hall–Kier alpha value is -8.15. The van der Waals surface area contributed by atoms with E-state index in [1.165, 1.54) is 27.1 Å². The lowest BCUT2D eigenvalue weighted by Crippen LogP contribution is -2.01. The first-order valence-electron chi connectivity index (χ1n) is 20.3. The van der Waals surface area contributed by atoms with Crippen molar-refractivity contribution in [2.75, 3.05) is 0 Å². The maximum absolute atomic E-state index is 6.72. The first-order chi connectivity index (χ1) is 29.7. The van der Waals surface area contributed by atoms with Crippen LogP contribution in [0, 0.1) is 0 Å². The summed E-state index contributed by atoms with van der Waals surface area (Å²) in [6.45, 7) is 0. The lowest BCUT2D eigenvalue weighted by Gasteiger charge is -2.12. The van der Waals surface area contributed by atoms with E-state index in [-0.39, 0.29) is 0 Å². The number of benzene rings is 10. The Labute approximate surface area is 343 Å². The highest BCUT2D eigenvalue weighted by Gasteiger charge is 2.19. The first kappa shape index (κ1) is 32.9. The molecule has 0 saturated carbocycles. The minimum atomic E-state index is 0.615. The van der Waals surface area contributed by atoms with Gasteiger partial charge < -0.3 is 8.98 Å². The molecule has 0 bridgehead atoms. The minimum absolute atomic E-state index is 0.615. The third-order valence-corrected chi connectivity index (χ3v) is 12.2. The molecular weight excluding hydrogens is 733 g/mol. The smallest absolute Gasteiger partial charge is 0.164 e. The van der Waals surface area contributed by atoms with Crippen molar-refractivity contribution in [3.05, 3.63) is 194 Å². The quantitative estimate of drug-likeness (QED) is 0.179. The van der Waals surface area contributed by atoms with E-state index < -0.39 is 0 Å². The highest BCUT2D eigenvalue weighted by Crippen LogP contribution is 2.40. The van der Waals surface area contributed by atoms with Gasteiger partial charge in [-0.1, -0.05) is 146 Å². The van der Waals surface area contributed by atoms with Gasteiger partial charge in [-0.3, -0.25) is 0 Å². The fourth-order valence-corrected chi connectivity index (χ4v) is 9.38. The molecule has 5 nitrogen and oxygen atoms in total. The number of para-hydroxylation sites is 1. The highest BCUT2D eigenvalue weighted by atomic mass is 16.3. The second-order valence-electron chi connectivity index (χ2n) is 15.6. The molecule has 13 aromatic rings. The number of furan rings is 1. The maximum Gasteiger partial charge on any atom is 0.164 e. The summed E-state index contributed by atoms with van der Waals surface area (Å²) in [5.41, 5.74) is 7.90. The van der Waals surface area contributed by atoms with Crippen molar-refractivity contribution in [2.45, 2.75) is 0 Å². The molecule has 0 spiro atoms. The standard InChI is InChI=1S/C55H32N4O/c1-2-14-37-31-49-47(29-36(37)13-1)42-19-7-8-22-48(42)59(49)39-26-27-45-51(32-39)60-50-28-25-35-23-24-38(30-46(35)52(45)50)53-56-54(43-20-9-15-33-11-3-5-17-40(33)43)58-55(57-53)44-21-10-16-34-12-4-6-18-41(34)44/h1-32H. The van der Waals surface area contributed by atoms with Gasteiger partial charge in [-0.2, -0.15) is 0 Å². The molecule has 0 N–H and O–H groups in total. The Morgan fingerprint density at radius 3 is 1.65 bits per heavy atom. The zero-order valence-electron chi connectivity index (χ0n) is 32.2. The van der Waals surface area contributed by atoms with Crippen LogP contribution < -0.4 is 0 Å². The predicted octanol–water partition coefficient (Wildman–Crippen LogP) is 14.5. The molecule has 0 atom stereocenters. The van der Waals surface area contributed by atoms with Crippen molar-refractivity contribution in [3.63, 3.8) is 0 Å². The zero-order chi connectivity index (χ0) is 39.3. The van der Waals surface area contributed by atoms with Gasteiger partial charge in [0.05, 0.1) is 11.0 Å². The van der Waals surface area contributed by atoms with E-state index in [0.29, 0.717) is 17.5 Å². The summed E-state index contributed by atoms with van der Waals surface area (Å²) < 4.78 is 9.08. The van der Waals surface area contributed by atoms with E-state index in [4.69, 9.17) is 19.4 Å².